The van der Waals surface area contributed by atoms with Gasteiger partial charge in [0.1, 0.15) is 0 Å². The molecule has 0 aliphatic heterocycles. The Hall–Kier alpha value is -1.33. The van der Waals surface area contributed by atoms with Gasteiger partial charge in [-0.05, 0) is 49.0 Å². The molecule has 0 saturated carbocycles. The minimum absolute atomic E-state index is 0.267. The number of hydrogen-bond acceptors (Lipinski definition) is 5. The van der Waals surface area contributed by atoms with Crippen LogP contribution in [0.25, 0.3) is 0 Å². The Morgan fingerprint density at radius 1 is 1.40 bits per heavy atom. The summed E-state index contributed by atoms with van der Waals surface area (Å²) in [4.78, 5) is 5.89. The summed E-state index contributed by atoms with van der Waals surface area (Å²) in [6.45, 7) is 4.35. The lowest BCUT2D eigenvalue weighted by atomic mass is 9.93. The van der Waals surface area contributed by atoms with Crippen molar-refractivity contribution in [3.8, 4) is 0 Å². The molecular formula is C15H20N4S. The number of fused-ring (bicyclic) bond motifs is 1. The first-order valence-electron chi connectivity index (χ1n) is 7.15. The maximum absolute atomic E-state index is 4.62. The summed E-state index contributed by atoms with van der Waals surface area (Å²) in [6, 6.07) is 4.50. The van der Waals surface area contributed by atoms with Crippen molar-refractivity contribution < 1.29 is 0 Å². The molecule has 4 nitrogen and oxygen atoms in total. The van der Waals surface area contributed by atoms with Crippen molar-refractivity contribution >= 4 is 11.5 Å². The quantitative estimate of drug-likeness (QED) is 0.939. The highest BCUT2D eigenvalue weighted by molar-refractivity contribution is 7.05. The van der Waals surface area contributed by atoms with Gasteiger partial charge in [-0.1, -0.05) is 24.4 Å². The molecule has 0 fully saturated rings. The molecule has 2 heterocycles. The number of aromatic nitrogens is 3. The van der Waals surface area contributed by atoms with Crippen LogP contribution in [0.15, 0.2) is 18.3 Å². The van der Waals surface area contributed by atoms with Crippen LogP contribution >= 0.6 is 11.5 Å². The SMILES string of the molecule is CNC(c1snnc1C(C)C)C1CCc2cccnc21. The molecule has 1 N–H and O–H groups in total. The molecule has 0 radical (unpaired) electrons. The van der Waals surface area contributed by atoms with Gasteiger partial charge in [0, 0.05) is 17.8 Å². The number of hydrogen-bond donors (Lipinski definition) is 1. The van der Waals surface area contributed by atoms with E-state index in [1.165, 1.54) is 27.7 Å². The lowest BCUT2D eigenvalue weighted by molar-refractivity contribution is 0.471. The molecule has 2 aromatic heterocycles. The van der Waals surface area contributed by atoms with E-state index in [2.05, 4.69) is 39.8 Å². The number of pyridine rings is 1. The molecule has 2 atom stereocenters. The van der Waals surface area contributed by atoms with Crippen LogP contribution in [-0.4, -0.2) is 21.6 Å². The Bertz CT molecular complexity index is 593. The maximum atomic E-state index is 4.62. The highest BCUT2D eigenvalue weighted by Crippen LogP contribution is 2.42. The maximum Gasteiger partial charge on any atom is 0.0829 e. The Labute approximate surface area is 123 Å². The van der Waals surface area contributed by atoms with Crippen LogP contribution < -0.4 is 5.32 Å². The minimum Gasteiger partial charge on any atom is -0.312 e. The molecular weight excluding hydrogens is 268 g/mol. The van der Waals surface area contributed by atoms with Crippen molar-refractivity contribution in [2.45, 2.75) is 44.6 Å². The zero-order chi connectivity index (χ0) is 14.1. The summed E-state index contributed by atoms with van der Waals surface area (Å²) in [5.41, 5.74) is 3.76. The third-order valence-electron chi connectivity index (χ3n) is 4.08. The van der Waals surface area contributed by atoms with E-state index in [0.29, 0.717) is 11.8 Å². The summed E-state index contributed by atoms with van der Waals surface area (Å²) >= 11 is 1.52. The van der Waals surface area contributed by atoms with Gasteiger partial charge in [-0.3, -0.25) is 4.98 Å². The van der Waals surface area contributed by atoms with E-state index in [1.54, 1.807) is 0 Å². The van der Waals surface area contributed by atoms with Crippen LogP contribution in [0.1, 0.15) is 60.0 Å². The molecule has 106 valence electrons. The molecule has 20 heavy (non-hydrogen) atoms. The van der Waals surface area contributed by atoms with Crippen molar-refractivity contribution in [3.63, 3.8) is 0 Å². The number of rotatable bonds is 4. The Morgan fingerprint density at radius 3 is 3.00 bits per heavy atom. The van der Waals surface area contributed by atoms with Crippen LogP contribution in [0.4, 0.5) is 0 Å². The zero-order valence-electron chi connectivity index (χ0n) is 12.1. The molecule has 0 aromatic carbocycles. The fraction of sp³-hybridized carbons (Fsp3) is 0.533. The highest BCUT2D eigenvalue weighted by Gasteiger charge is 2.34. The average Bonchev–Trinajstić information content (AvgIpc) is 3.07. The molecule has 1 aliphatic carbocycles. The van der Waals surface area contributed by atoms with Crippen molar-refractivity contribution in [1.82, 2.24) is 19.9 Å². The van der Waals surface area contributed by atoms with Gasteiger partial charge in [0.2, 0.25) is 0 Å². The predicted molar refractivity (Wildman–Crippen MR) is 81.1 cm³/mol. The third-order valence-corrected chi connectivity index (χ3v) is 4.91. The van der Waals surface area contributed by atoms with Crippen molar-refractivity contribution in [1.29, 1.82) is 0 Å². The highest BCUT2D eigenvalue weighted by atomic mass is 32.1. The number of nitrogens with zero attached hydrogens (tertiary/aromatic N) is 3. The predicted octanol–water partition coefficient (Wildman–Crippen LogP) is 3.05. The summed E-state index contributed by atoms with van der Waals surface area (Å²) in [5, 5.41) is 7.79. The van der Waals surface area contributed by atoms with E-state index in [1.807, 2.05) is 19.3 Å². The van der Waals surface area contributed by atoms with Gasteiger partial charge in [0.25, 0.3) is 0 Å². The average molecular weight is 288 g/mol. The van der Waals surface area contributed by atoms with Crippen LogP contribution in [0.3, 0.4) is 0 Å². The second kappa shape index (κ2) is 5.58. The van der Waals surface area contributed by atoms with Gasteiger partial charge in [-0.2, -0.15) is 0 Å². The van der Waals surface area contributed by atoms with Crippen molar-refractivity contribution in [3.05, 3.63) is 40.2 Å². The van der Waals surface area contributed by atoms with Gasteiger partial charge in [-0.25, -0.2) is 0 Å². The monoisotopic (exact) mass is 288 g/mol. The van der Waals surface area contributed by atoms with Gasteiger partial charge < -0.3 is 5.32 Å². The fourth-order valence-corrected chi connectivity index (χ4v) is 4.09. The molecule has 0 bridgehead atoms. The summed E-state index contributed by atoms with van der Waals surface area (Å²) in [6.07, 6.45) is 4.17. The van der Waals surface area contributed by atoms with Crippen LogP contribution in [0, 0.1) is 0 Å². The summed E-state index contributed by atoms with van der Waals surface area (Å²) in [7, 11) is 2.02. The first-order chi connectivity index (χ1) is 9.72. The summed E-state index contributed by atoms with van der Waals surface area (Å²) < 4.78 is 4.17. The van der Waals surface area contributed by atoms with E-state index >= 15 is 0 Å². The van der Waals surface area contributed by atoms with Crippen LogP contribution in [0.2, 0.25) is 0 Å². The van der Waals surface area contributed by atoms with E-state index in [9.17, 15) is 0 Å². The van der Waals surface area contributed by atoms with Gasteiger partial charge in [-0.15, -0.1) is 5.10 Å². The lowest BCUT2D eigenvalue weighted by Crippen LogP contribution is -2.23. The van der Waals surface area contributed by atoms with Gasteiger partial charge in [0.05, 0.1) is 16.6 Å². The third kappa shape index (κ3) is 2.25. The van der Waals surface area contributed by atoms with E-state index < -0.39 is 0 Å². The number of likely N-dealkylation sites (N-methyl/N-ethyl adjacent to an activating group) is 1. The van der Waals surface area contributed by atoms with E-state index in [-0.39, 0.29) is 6.04 Å². The Kier molecular flexibility index (Phi) is 3.81. The fourth-order valence-electron chi connectivity index (χ4n) is 3.10. The molecule has 1 aliphatic rings. The van der Waals surface area contributed by atoms with Crippen LogP contribution in [0.5, 0.6) is 0 Å². The lowest BCUT2D eigenvalue weighted by Gasteiger charge is -2.23. The van der Waals surface area contributed by atoms with E-state index in [0.717, 1.165) is 18.5 Å². The largest absolute Gasteiger partial charge is 0.312 e. The second-order valence-electron chi connectivity index (χ2n) is 5.64. The smallest absolute Gasteiger partial charge is 0.0829 e. The second-order valence-corrected chi connectivity index (χ2v) is 6.42. The zero-order valence-corrected chi connectivity index (χ0v) is 12.9. The van der Waals surface area contributed by atoms with Gasteiger partial charge >= 0.3 is 0 Å². The first-order valence-corrected chi connectivity index (χ1v) is 7.93. The molecule has 0 amide bonds. The normalized spacial score (nSPS) is 19.3. The molecule has 2 aromatic rings. The van der Waals surface area contributed by atoms with Gasteiger partial charge in [0.15, 0.2) is 0 Å². The Morgan fingerprint density at radius 2 is 2.25 bits per heavy atom. The van der Waals surface area contributed by atoms with Crippen LogP contribution in [-0.2, 0) is 6.42 Å². The molecule has 2 unspecified atom stereocenters. The molecule has 3 rings (SSSR count). The molecule has 5 heteroatoms. The number of aryl methyl sites for hydroxylation is 1. The van der Waals surface area contributed by atoms with Crippen molar-refractivity contribution in [2.75, 3.05) is 7.05 Å². The number of nitrogens with one attached hydrogen (secondary N) is 1. The first kappa shape index (κ1) is 13.6. The topological polar surface area (TPSA) is 50.7 Å². The summed E-state index contributed by atoms with van der Waals surface area (Å²) in [5.74, 6) is 0.833. The molecule has 0 spiro atoms. The minimum atomic E-state index is 0.267. The molecule has 0 saturated heterocycles. The Balaban J connectivity index is 1.97. The van der Waals surface area contributed by atoms with Crippen molar-refractivity contribution in [2.24, 2.45) is 0 Å². The van der Waals surface area contributed by atoms with E-state index in [4.69, 9.17) is 0 Å². The standard InChI is InChI=1S/C15H20N4S/c1-9(2)12-15(20-19-18-12)14(16-3)11-7-6-10-5-4-8-17-13(10)11/h4-5,8-9,11,14,16H,6-7H2,1-3H3.